The number of amides is 1. The Morgan fingerprint density at radius 3 is 2.39 bits per heavy atom. The lowest BCUT2D eigenvalue weighted by atomic mass is 9.60. The molecule has 2 aliphatic heterocycles. The van der Waals surface area contributed by atoms with E-state index >= 15 is 0 Å². The fraction of sp³-hybridized carbons (Fsp3) is 0.514. The summed E-state index contributed by atoms with van der Waals surface area (Å²) in [5, 5.41) is 9.84. The summed E-state index contributed by atoms with van der Waals surface area (Å²) in [4.78, 5) is 27.9. The van der Waals surface area contributed by atoms with Gasteiger partial charge in [0.05, 0.1) is 22.7 Å². The Morgan fingerprint density at radius 2 is 1.72 bits per heavy atom. The molecule has 0 radical (unpaired) electrons. The number of ether oxygens (including phenoxy) is 1. The number of carbonyl (C=O) groups excluding carboxylic acids is 1. The number of aliphatic hydroxyl groups is 1. The number of rotatable bonds is 5. The Labute approximate surface area is 271 Å². The monoisotopic (exact) mass is 645 g/mol. The normalized spacial score (nSPS) is 25.7. The number of nitrogens with one attached hydrogen (secondary N) is 1. The lowest BCUT2D eigenvalue weighted by Crippen LogP contribution is -2.69. The molecule has 3 aromatic rings. The largest absolute Gasteiger partial charge is 0.475 e. The summed E-state index contributed by atoms with van der Waals surface area (Å²) in [6, 6.07) is 14.1. The fourth-order valence-corrected chi connectivity index (χ4v) is 8.98. The molecular formula is C35H43N5O5S. The second kappa shape index (κ2) is 11.6. The van der Waals surface area contributed by atoms with Crippen molar-refractivity contribution in [1.29, 1.82) is 0 Å². The molecule has 1 atom stereocenters. The average Bonchev–Trinajstić information content (AvgIpc) is 2.93. The van der Waals surface area contributed by atoms with E-state index in [1.165, 1.54) is 12.1 Å². The first-order valence-electron chi connectivity index (χ1n) is 16.4. The first-order chi connectivity index (χ1) is 21.9. The van der Waals surface area contributed by atoms with Gasteiger partial charge in [0.25, 0.3) is 15.9 Å². The molecule has 2 saturated carbocycles. The molecule has 3 fully saturated rings. The van der Waals surface area contributed by atoms with E-state index in [0.717, 1.165) is 61.9 Å². The molecule has 1 aromatic heterocycles. The zero-order chi connectivity index (χ0) is 32.4. The summed E-state index contributed by atoms with van der Waals surface area (Å²) in [6.07, 6.45) is 4.05. The molecule has 4 bridgehead atoms. The van der Waals surface area contributed by atoms with E-state index in [0.29, 0.717) is 17.3 Å². The number of hydrogen-bond donors (Lipinski definition) is 2. The Bertz CT molecular complexity index is 1740. The van der Waals surface area contributed by atoms with Gasteiger partial charge in [0, 0.05) is 47.8 Å². The molecule has 2 N–H and O–H groups in total. The van der Waals surface area contributed by atoms with Crippen LogP contribution < -0.4 is 9.46 Å². The molecule has 3 heterocycles. The third kappa shape index (κ3) is 5.77. The lowest BCUT2D eigenvalue weighted by Gasteiger charge is -2.63. The third-order valence-corrected chi connectivity index (χ3v) is 11.6. The number of aromatic nitrogens is 2. The average molecular weight is 646 g/mol. The van der Waals surface area contributed by atoms with Crippen LogP contribution >= 0.6 is 0 Å². The molecule has 0 unspecified atom stereocenters. The summed E-state index contributed by atoms with van der Waals surface area (Å²) in [7, 11) is -4.12. The minimum Gasteiger partial charge on any atom is -0.475 e. The van der Waals surface area contributed by atoms with Gasteiger partial charge in [-0.2, -0.15) is 4.98 Å². The summed E-state index contributed by atoms with van der Waals surface area (Å²) >= 11 is 0. The first kappa shape index (κ1) is 31.1. The van der Waals surface area contributed by atoms with Gasteiger partial charge >= 0.3 is 0 Å². The molecule has 2 aromatic carbocycles. The van der Waals surface area contributed by atoms with Gasteiger partial charge in [-0.1, -0.05) is 38.1 Å². The highest BCUT2D eigenvalue weighted by atomic mass is 32.2. The molecule has 46 heavy (non-hydrogen) atoms. The van der Waals surface area contributed by atoms with E-state index in [2.05, 4.69) is 33.4 Å². The van der Waals surface area contributed by atoms with Crippen LogP contribution in [0.1, 0.15) is 67.4 Å². The number of fused-ring (bicyclic) bond motifs is 4. The van der Waals surface area contributed by atoms with Crippen LogP contribution in [-0.2, 0) is 10.0 Å². The first-order valence-corrected chi connectivity index (χ1v) is 17.8. The van der Waals surface area contributed by atoms with E-state index in [1.54, 1.807) is 18.2 Å². The van der Waals surface area contributed by atoms with Crippen LogP contribution in [0.4, 0.5) is 5.95 Å². The van der Waals surface area contributed by atoms with Gasteiger partial charge in [-0.25, -0.2) is 18.1 Å². The Morgan fingerprint density at radius 1 is 1.02 bits per heavy atom. The smallest absolute Gasteiger partial charge is 0.264 e. The molecule has 7 rings (SSSR count). The number of aliphatic hydroxyl groups excluding tert-OH is 1. The number of aryl methyl sites for hydroxylation is 2. The van der Waals surface area contributed by atoms with Gasteiger partial charge in [0.15, 0.2) is 0 Å². The van der Waals surface area contributed by atoms with E-state index in [9.17, 15) is 18.3 Å². The number of hydrogen-bond acceptors (Lipinski definition) is 8. The molecule has 2 aliphatic carbocycles. The van der Waals surface area contributed by atoms with Gasteiger partial charge < -0.3 is 14.7 Å². The molecule has 1 spiro atoms. The maximum Gasteiger partial charge on any atom is 0.264 e. The quantitative estimate of drug-likeness (QED) is 0.406. The highest BCUT2D eigenvalue weighted by molar-refractivity contribution is 7.92. The molecule has 4 aliphatic rings. The van der Waals surface area contributed by atoms with Crippen LogP contribution in [0.3, 0.4) is 0 Å². The summed E-state index contributed by atoms with van der Waals surface area (Å²) in [5.74, 6) is 0.259. The number of anilines is 1. The number of sulfonamides is 1. The lowest BCUT2D eigenvalue weighted by molar-refractivity contribution is -0.158. The second-order valence-corrected chi connectivity index (χ2v) is 16.1. The topological polar surface area (TPSA) is 125 Å². The van der Waals surface area contributed by atoms with E-state index < -0.39 is 10.0 Å². The summed E-state index contributed by atoms with van der Waals surface area (Å²) in [6.45, 7) is 10.5. The molecule has 11 heteroatoms. The Balaban J connectivity index is 1.24. The van der Waals surface area contributed by atoms with Crippen molar-refractivity contribution in [3.63, 3.8) is 0 Å². The van der Waals surface area contributed by atoms with E-state index in [4.69, 9.17) is 4.74 Å². The van der Waals surface area contributed by atoms with Crippen molar-refractivity contribution in [3.05, 3.63) is 65.2 Å². The van der Waals surface area contributed by atoms with Crippen molar-refractivity contribution >= 4 is 21.9 Å². The fourth-order valence-electron chi connectivity index (χ4n) is 7.99. The number of nitrogens with zero attached hydrogens (tertiary/aromatic N) is 4. The molecule has 1 amide bonds. The maximum atomic E-state index is 14.4. The van der Waals surface area contributed by atoms with E-state index in [1.807, 2.05) is 36.9 Å². The minimum atomic E-state index is -4.12. The predicted octanol–water partition coefficient (Wildman–Crippen LogP) is 4.80. The van der Waals surface area contributed by atoms with Crippen LogP contribution in [0.5, 0.6) is 5.88 Å². The highest BCUT2D eigenvalue weighted by Crippen LogP contribution is 2.51. The minimum absolute atomic E-state index is 0.00281. The standard InChI is InChI=1S/C35H43N5O5S/c1-21(2)11-27-18-45-31-15-30(32-22(3)7-5-8-23(32)4)36-34(37-31)38-46(43,44)29-10-6-9-24(12-29)33(42)40(27)26-13-25(14-26)39-19-35(20-39)16-28(41)17-35/h5-10,12,15,21,25-28,41H,11,13-14,16-20H2,1-4H3,(H,36,37,38)/t25?,26?,27-/m1/s1. The zero-order valence-corrected chi connectivity index (χ0v) is 27.8. The molecule has 1 saturated heterocycles. The molecule has 244 valence electrons. The number of carbonyl (C=O) groups is 1. The van der Waals surface area contributed by atoms with Crippen LogP contribution in [0.15, 0.2) is 53.4 Å². The van der Waals surface area contributed by atoms with Crippen molar-refractivity contribution in [3.8, 4) is 17.1 Å². The second-order valence-electron chi connectivity index (χ2n) is 14.4. The zero-order valence-electron chi connectivity index (χ0n) is 26.9. The summed E-state index contributed by atoms with van der Waals surface area (Å²) in [5.41, 5.74) is 4.06. The van der Waals surface area contributed by atoms with Crippen LogP contribution in [0.2, 0.25) is 0 Å². The molecule has 10 nitrogen and oxygen atoms in total. The molecular weight excluding hydrogens is 602 g/mol. The highest BCUT2D eigenvalue weighted by Gasteiger charge is 2.55. The third-order valence-electron chi connectivity index (χ3n) is 10.3. The SMILES string of the molecule is Cc1cccc(C)c1-c1cc2nc(n1)NS(=O)(=O)c1cccc(c1)C(=O)N(C1CC(N3CC4(CC(O)C4)C3)C1)[C@H](CC(C)C)CO2. The van der Waals surface area contributed by atoms with Crippen molar-refractivity contribution in [2.75, 3.05) is 24.4 Å². The van der Waals surface area contributed by atoms with Gasteiger partial charge in [-0.3, -0.25) is 9.69 Å². The van der Waals surface area contributed by atoms with Crippen molar-refractivity contribution in [2.45, 2.75) is 88.9 Å². The van der Waals surface area contributed by atoms with Gasteiger partial charge in [0.1, 0.15) is 6.61 Å². The van der Waals surface area contributed by atoms with Crippen molar-refractivity contribution in [1.82, 2.24) is 19.8 Å². The van der Waals surface area contributed by atoms with Crippen molar-refractivity contribution in [2.24, 2.45) is 11.3 Å². The predicted molar refractivity (Wildman–Crippen MR) is 175 cm³/mol. The van der Waals surface area contributed by atoms with Crippen LogP contribution in [0.25, 0.3) is 11.3 Å². The van der Waals surface area contributed by atoms with Crippen LogP contribution in [-0.4, -0.2) is 83.1 Å². The number of likely N-dealkylation sites (tertiary alicyclic amines) is 1. The van der Waals surface area contributed by atoms with E-state index in [-0.39, 0.29) is 58.8 Å². The van der Waals surface area contributed by atoms with Crippen molar-refractivity contribution < 1.29 is 23.1 Å². The Hall–Kier alpha value is -3.54. The van der Waals surface area contributed by atoms with Gasteiger partial charge in [-0.15, -0.1) is 0 Å². The van der Waals surface area contributed by atoms with Gasteiger partial charge in [-0.05, 0) is 81.2 Å². The van der Waals surface area contributed by atoms with Gasteiger partial charge in [0.2, 0.25) is 11.8 Å². The Kier molecular flexibility index (Phi) is 7.84. The summed E-state index contributed by atoms with van der Waals surface area (Å²) < 4.78 is 36.2. The maximum absolute atomic E-state index is 14.4. The van der Waals surface area contributed by atoms with Crippen LogP contribution in [0, 0.1) is 25.2 Å². The number of benzene rings is 2.